The molecule has 0 radical (unpaired) electrons. The molecule has 66 valence electrons. The molecule has 1 amide bonds. The maximum atomic E-state index is 11.4. The van der Waals surface area contributed by atoms with Gasteiger partial charge in [-0.2, -0.15) is 0 Å². The lowest BCUT2D eigenvalue weighted by Gasteiger charge is -2.17. The lowest BCUT2D eigenvalue weighted by molar-refractivity contribution is 0.0945. The minimum atomic E-state index is -0.0301. The zero-order valence-electron chi connectivity index (χ0n) is 7.21. The fraction of sp³-hybridized carbons (Fsp3) is 0.200. The van der Waals surface area contributed by atoms with Crippen molar-refractivity contribution in [2.24, 2.45) is 0 Å². The van der Waals surface area contributed by atoms with Gasteiger partial charge in [0.2, 0.25) is 0 Å². The van der Waals surface area contributed by atoms with Crippen molar-refractivity contribution in [2.45, 2.75) is 6.42 Å². The SMILES string of the molecule is C=Cc1cncc2c1CCNC2=O. The number of hydrogen-bond acceptors (Lipinski definition) is 2. The Kier molecular flexibility index (Phi) is 1.85. The molecule has 0 atom stereocenters. The van der Waals surface area contributed by atoms with Gasteiger partial charge in [-0.1, -0.05) is 12.7 Å². The van der Waals surface area contributed by atoms with E-state index in [1.807, 2.05) is 0 Å². The van der Waals surface area contributed by atoms with Crippen molar-refractivity contribution >= 4 is 12.0 Å². The normalized spacial score (nSPS) is 14.6. The Bertz CT molecular complexity index is 371. The van der Waals surface area contributed by atoms with E-state index in [9.17, 15) is 4.79 Å². The Hall–Kier alpha value is -1.64. The van der Waals surface area contributed by atoms with Gasteiger partial charge in [-0.3, -0.25) is 9.78 Å². The minimum Gasteiger partial charge on any atom is -0.352 e. The number of carbonyl (C=O) groups excluding carboxylic acids is 1. The highest BCUT2D eigenvalue weighted by Crippen LogP contribution is 2.17. The summed E-state index contributed by atoms with van der Waals surface area (Å²) in [5.41, 5.74) is 2.71. The van der Waals surface area contributed by atoms with Crippen molar-refractivity contribution in [1.82, 2.24) is 10.3 Å². The fourth-order valence-corrected chi connectivity index (χ4v) is 1.55. The molecule has 0 aromatic carbocycles. The molecule has 1 aromatic heterocycles. The third-order valence-electron chi connectivity index (χ3n) is 2.22. The number of pyridine rings is 1. The summed E-state index contributed by atoms with van der Waals surface area (Å²) in [6.07, 6.45) is 5.95. The number of hydrogen-bond donors (Lipinski definition) is 1. The first kappa shape index (κ1) is 7.98. The molecule has 3 nitrogen and oxygen atoms in total. The van der Waals surface area contributed by atoms with Gasteiger partial charge in [0.15, 0.2) is 0 Å². The molecular formula is C10H10N2O. The van der Waals surface area contributed by atoms with Crippen LogP contribution >= 0.6 is 0 Å². The van der Waals surface area contributed by atoms with Crippen LogP contribution in [-0.4, -0.2) is 17.4 Å². The number of nitrogens with one attached hydrogen (secondary N) is 1. The van der Waals surface area contributed by atoms with Crippen molar-refractivity contribution in [3.8, 4) is 0 Å². The predicted molar refractivity (Wildman–Crippen MR) is 50.4 cm³/mol. The average Bonchev–Trinajstić information content (AvgIpc) is 2.18. The maximum absolute atomic E-state index is 11.4. The van der Waals surface area contributed by atoms with E-state index in [1.54, 1.807) is 18.5 Å². The average molecular weight is 174 g/mol. The smallest absolute Gasteiger partial charge is 0.253 e. The van der Waals surface area contributed by atoms with Gasteiger partial charge in [0, 0.05) is 18.9 Å². The first-order valence-corrected chi connectivity index (χ1v) is 4.20. The maximum Gasteiger partial charge on any atom is 0.253 e. The highest BCUT2D eigenvalue weighted by molar-refractivity contribution is 5.97. The molecule has 0 spiro atoms. The third kappa shape index (κ3) is 1.22. The molecule has 1 aliphatic rings. The Morgan fingerprint density at radius 2 is 2.38 bits per heavy atom. The Labute approximate surface area is 76.5 Å². The number of aromatic nitrogens is 1. The zero-order chi connectivity index (χ0) is 9.26. The number of carbonyl (C=O) groups is 1. The second-order valence-electron chi connectivity index (χ2n) is 2.96. The van der Waals surface area contributed by atoms with E-state index in [2.05, 4.69) is 16.9 Å². The predicted octanol–water partition coefficient (Wildman–Crippen LogP) is 1.01. The summed E-state index contributed by atoms with van der Waals surface area (Å²) in [6.45, 7) is 4.40. The number of fused-ring (bicyclic) bond motifs is 1. The van der Waals surface area contributed by atoms with Gasteiger partial charge in [0.25, 0.3) is 5.91 Å². The second-order valence-corrected chi connectivity index (χ2v) is 2.96. The van der Waals surface area contributed by atoms with Gasteiger partial charge in [-0.25, -0.2) is 0 Å². The van der Waals surface area contributed by atoms with E-state index in [0.29, 0.717) is 12.1 Å². The Morgan fingerprint density at radius 3 is 3.15 bits per heavy atom. The summed E-state index contributed by atoms with van der Waals surface area (Å²) in [4.78, 5) is 15.4. The zero-order valence-corrected chi connectivity index (χ0v) is 7.21. The van der Waals surface area contributed by atoms with Crippen LogP contribution in [0.1, 0.15) is 21.5 Å². The number of amides is 1. The summed E-state index contributed by atoms with van der Waals surface area (Å²) in [5.74, 6) is -0.0301. The molecule has 3 heteroatoms. The first-order valence-electron chi connectivity index (χ1n) is 4.20. The van der Waals surface area contributed by atoms with Crippen molar-refractivity contribution in [3.63, 3.8) is 0 Å². The quantitative estimate of drug-likeness (QED) is 0.690. The molecule has 2 rings (SSSR count). The van der Waals surface area contributed by atoms with Crippen LogP contribution in [0, 0.1) is 0 Å². The lowest BCUT2D eigenvalue weighted by atomic mass is 9.98. The molecule has 1 N–H and O–H groups in total. The van der Waals surface area contributed by atoms with Crippen LogP contribution in [-0.2, 0) is 6.42 Å². The largest absolute Gasteiger partial charge is 0.352 e. The van der Waals surface area contributed by atoms with Crippen LogP contribution in [0.4, 0.5) is 0 Å². The molecule has 13 heavy (non-hydrogen) atoms. The van der Waals surface area contributed by atoms with Crippen LogP contribution in [0.3, 0.4) is 0 Å². The highest BCUT2D eigenvalue weighted by atomic mass is 16.1. The third-order valence-corrected chi connectivity index (χ3v) is 2.22. The van der Waals surface area contributed by atoms with E-state index in [0.717, 1.165) is 17.5 Å². The van der Waals surface area contributed by atoms with Gasteiger partial charge in [0.05, 0.1) is 5.56 Å². The summed E-state index contributed by atoms with van der Waals surface area (Å²) >= 11 is 0. The van der Waals surface area contributed by atoms with Crippen molar-refractivity contribution in [1.29, 1.82) is 0 Å². The molecule has 0 saturated carbocycles. The molecule has 0 unspecified atom stereocenters. The van der Waals surface area contributed by atoms with Gasteiger partial charge in [-0.15, -0.1) is 0 Å². The summed E-state index contributed by atoms with van der Waals surface area (Å²) < 4.78 is 0. The van der Waals surface area contributed by atoms with Gasteiger partial charge < -0.3 is 5.32 Å². The fourth-order valence-electron chi connectivity index (χ4n) is 1.55. The van der Waals surface area contributed by atoms with Gasteiger partial charge in [-0.05, 0) is 17.5 Å². The monoisotopic (exact) mass is 174 g/mol. The highest BCUT2D eigenvalue weighted by Gasteiger charge is 2.18. The molecule has 1 aromatic rings. The standard InChI is InChI=1S/C10H10N2O/c1-2-7-5-11-6-9-8(7)3-4-12-10(9)13/h2,5-6H,1,3-4H2,(H,12,13). The van der Waals surface area contributed by atoms with Crippen LogP contribution in [0.15, 0.2) is 19.0 Å². The van der Waals surface area contributed by atoms with E-state index in [4.69, 9.17) is 0 Å². The van der Waals surface area contributed by atoms with Crippen molar-refractivity contribution in [3.05, 3.63) is 35.7 Å². The van der Waals surface area contributed by atoms with E-state index in [1.165, 1.54) is 0 Å². The van der Waals surface area contributed by atoms with E-state index < -0.39 is 0 Å². The van der Waals surface area contributed by atoms with Crippen LogP contribution in [0.5, 0.6) is 0 Å². The van der Waals surface area contributed by atoms with Gasteiger partial charge in [0.1, 0.15) is 0 Å². The van der Waals surface area contributed by atoms with Crippen LogP contribution in [0.25, 0.3) is 6.08 Å². The number of rotatable bonds is 1. The molecule has 0 fully saturated rings. The summed E-state index contributed by atoms with van der Waals surface area (Å²) in [6, 6.07) is 0. The second kappa shape index (κ2) is 3.01. The number of nitrogens with zero attached hydrogens (tertiary/aromatic N) is 1. The molecular weight excluding hydrogens is 164 g/mol. The molecule has 0 aliphatic carbocycles. The summed E-state index contributed by atoms with van der Waals surface area (Å²) in [5, 5.41) is 2.78. The van der Waals surface area contributed by atoms with E-state index in [-0.39, 0.29) is 5.91 Å². The van der Waals surface area contributed by atoms with Crippen LogP contribution < -0.4 is 5.32 Å². The molecule has 1 aliphatic heterocycles. The molecule has 0 saturated heterocycles. The van der Waals surface area contributed by atoms with E-state index >= 15 is 0 Å². The van der Waals surface area contributed by atoms with Crippen LogP contribution in [0.2, 0.25) is 0 Å². The molecule has 2 heterocycles. The molecule has 0 bridgehead atoms. The summed E-state index contributed by atoms with van der Waals surface area (Å²) in [7, 11) is 0. The Morgan fingerprint density at radius 1 is 1.54 bits per heavy atom. The first-order chi connectivity index (χ1) is 6.33. The van der Waals surface area contributed by atoms with Gasteiger partial charge >= 0.3 is 0 Å². The van der Waals surface area contributed by atoms with Crippen molar-refractivity contribution in [2.75, 3.05) is 6.54 Å². The topological polar surface area (TPSA) is 42.0 Å². The lowest BCUT2D eigenvalue weighted by Crippen LogP contribution is -2.32. The minimum absolute atomic E-state index is 0.0301. The van der Waals surface area contributed by atoms with Crippen molar-refractivity contribution < 1.29 is 4.79 Å². The Balaban J connectivity index is 2.60.